The first kappa shape index (κ1) is 17.2. The van der Waals surface area contributed by atoms with Crippen LogP contribution in [0.4, 0.5) is 20.3 Å². The van der Waals surface area contributed by atoms with E-state index in [0.717, 1.165) is 6.07 Å². The number of hydrogen-bond acceptors (Lipinski definition) is 5. The number of nitrogens with two attached hydrogens (primary N) is 1. The molecule has 0 aliphatic rings. The van der Waals surface area contributed by atoms with Gasteiger partial charge in [0.25, 0.3) is 5.91 Å². The summed E-state index contributed by atoms with van der Waals surface area (Å²) in [6.07, 6.45) is 0.508. The molecule has 24 heavy (non-hydrogen) atoms. The quantitative estimate of drug-likeness (QED) is 0.577. The lowest BCUT2D eigenvalue weighted by molar-refractivity contribution is -0.0788. The SMILES string of the molecule is CCc1cc(C(=O)OF)ccc1NNC(=O)c1cccc(F)c1N. The fraction of sp³-hybridized carbons (Fsp3) is 0.125. The van der Waals surface area contributed by atoms with Gasteiger partial charge in [-0.05, 0) is 42.3 Å². The van der Waals surface area contributed by atoms with Crippen molar-refractivity contribution < 1.29 is 23.4 Å². The van der Waals surface area contributed by atoms with E-state index in [9.17, 15) is 18.5 Å². The number of carbonyl (C=O) groups is 2. The van der Waals surface area contributed by atoms with Gasteiger partial charge in [-0.2, -0.15) is 0 Å². The molecule has 2 aromatic carbocycles. The predicted molar refractivity (Wildman–Crippen MR) is 84.2 cm³/mol. The number of anilines is 2. The van der Waals surface area contributed by atoms with Gasteiger partial charge in [-0.15, -0.1) is 0 Å². The Morgan fingerprint density at radius 1 is 1.25 bits per heavy atom. The van der Waals surface area contributed by atoms with Gasteiger partial charge >= 0.3 is 5.97 Å². The van der Waals surface area contributed by atoms with Crippen LogP contribution in [0.3, 0.4) is 0 Å². The third-order valence-corrected chi connectivity index (χ3v) is 3.40. The number of carbonyl (C=O) groups excluding carboxylic acids is 2. The van der Waals surface area contributed by atoms with E-state index < -0.39 is 17.7 Å². The summed E-state index contributed by atoms with van der Waals surface area (Å²) in [5.74, 6) is -2.42. The van der Waals surface area contributed by atoms with Crippen LogP contribution < -0.4 is 16.6 Å². The summed E-state index contributed by atoms with van der Waals surface area (Å²) < 4.78 is 25.3. The minimum absolute atomic E-state index is 0.0156. The van der Waals surface area contributed by atoms with Crippen LogP contribution in [0.25, 0.3) is 0 Å². The summed E-state index contributed by atoms with van der Waals surface area (Å²) in [4.78, 5) is 26.4. The third-order valence-electron chi connectivity index (χ3n) is 3.40. The number of para-hydroxylation sites is 1. The van der Waals surface area contributed by atoms with Crippen LogP contribution in [0, 0.1) is 5.82 Å². The standard InChI is InChI=1S/C16H15F2N3O3/c1-2-9-8-10(16(23)24-18)6-7-13(9)20-21-15(22)11-4-3-5-12(17)14(11)19/h3-8,20H,2,19H2,1H3,(H,21,22). The van der Waals surface area contributed by atoms with E-state index in [0.29, 0.717) is 17.7 Å². The van der Waals surface area contributed by atoms with Gasteiger partial charge in [0, 0.05) is 4.53 Å². The van der Waals surface area contributed by atoms with Gasteiger partial charge in [0.15, 0.2) is 0 Å². The maximum absolute atomic E-state index is 13.4. The zero-order valence-electron chi connectivity index (χ0n) is 12.7. The van der Waals surface area contributed by atoms with Crippen molar-refractivity contribution in [1.82, 2.24) is 5.43 Å². The Balaban J connectivity index is 2.15. The molecule has 0 heterocycles. The topological polar surface area (TPSA) is 93.5 Å². The lowest BCUT2D eigenvalue weighted by Gasteiger charge is -2.14. The number of aryl methyl sites for hydroxylation is 1. The van der Waals surface area contributed by atoms with Gasteiger partial charge in [-0.3, -0.25) is 15.6 Å². The fourth-order valence-electron chi connectivity index (χ4n) is 2.11. The molecule has 8 heteroatoms. The third kappa shape index (κ3) is 3.60. The van der Waals surface area contributed by atoms with Crippen LogP contribution in [0.2, 0.25) is 0 Å². The zero-order chi connectivity index (χ0) is 17.7. The molecule has 4 N–H and O–H groups in total. The van der Waals surface area contributed by atoms with Crippen molar-refractivity contribution in [3.63, 3.8) is 0 Å². The molecule has 6 nitrogen and oxygen atoms in total. The van der Waals surface area contributed by atoms with Gasteiger partial charge in [-0.25, -0.2) is 14.1 Å². The van der Waals surface area contributed by atoms with E-state index >= 15 is 0 Å². The average molecular weight is 335 g/mol. The van der Waals surface area contributed by atoms with Gasteiger partial charge < -0.3 is 5.73 Å². The smallest absolute Gasteiger partial charge is 0.379 e. The normalized spacial score (nSPS) is 10.1. The molecule has 1 amide bonds. The lowest BCUT2D eigenvalue weighted by Crippen LogP contribution is -2.30. The highest BCUT2D eigenvalue weighted by molar-refractivity contribution is 5.99. The van der Waals surface area contributed by atoms with E-state index in [1.807, 2.05) is 6.92 Å². The van der Waals surface area contributed by atoms with E-state index in [1.165, 1.54) is 30.3 Å². The Labute approximate surface area is 136 Å². The summed E-state index contributed by atoms with van der Waals surface area (Å²) in [6, 6.07) is 8.17. The summed E-state index contributed by atoms with van der Waals surface area (Å²) in [5.41, 5.74) is 11.5. The monoisotopic (exact) mass is 335 g/mol. The Kier molecular flexibility index (Phi) is 5.31. The first-order valence-corrected chi connectivity index (χ1v) is 7.04. The Morgan fingerprint density at radius 3 is 2.67 bits per heavy atom. The molecule has 0 fully saturated rings. The van der Waals surface area contributed by atoms with Gasteiger partial charge in [0.2, 0.25) is 0 Å². The second-order valence-electron chi connectivity index (χ2n) is 4.87. The molecule has 2 rings (SSSR count). The maximum Gasteiger partial charge on any atom is 0.379 e. The largest absolute Gasteiger partial charge is 0.396 e. The fourth-order valence-corrected chi connectivity index (χ4v) is 2.11. The van der Waals surface area contributed by atoms with Crippen LogP contribution in [0.1, 0.15) is 33.2 Å². The molecular formula is C16H15F2N3O3. The maximum atomic E-state index is 13.4. The average Bonchev–Trinajstić information content (AvgIpc) is 2.61. The van der Waals surface area contributed by atoms with Crippen molar-refractivity contribution >= 4 is 23.3 Å². The van der Waals surface area contributed by atoms with Gasteiger partial charge in [0.05, 0.1) is 22.5 Å². The van der Waals surface area contributed by atoms with Crippen molar-refractivity contribution in [3.8, 4) is 0 Å². The molecule has 0 radical (unpaired) electrons. The van der Waals surface area contributed by atoms with E-state index in [4.69, 9.17) is 5.73 Å². The highest BCUT2D eigenvalue weighted by atomic mass is 19.3. The first-order chi connectivity index (χ1) is 11.5. The summed E-state index contributed by atoms with van der Waals surface area (Å²) in [6.45, 7) is 1.82. The van der Waals surface area contributed by atoms with Crippen molar-refractivity contribution in [2.75, 3.05) is 11.2 Å². The molecule has 0 spiro atoms. The van der Waals surface area contributed by atoms with Crippen molar-refractivity contribution in [2.45, 2.75) is 13.3 Å². The molecular weight excluding hydrogens is 320 g/mol. The highest BCUT2D eigenvalue weighted by Gasteiger charge is 2.14. The van der Waals surface area contributed by atoms with Gasteiger partial charge in [-0.1, -0.05) is 13.0 Å². The molecule has 0 saturated carbocycles. The zero-order valence-corrected chi connectivity index (χ0v) is 12.7. The summed E-state index contributed by atoms with van der Waals surface area (Å²) >= 11 is 0. The predicted octanol–water partition coefficient (Wildman–Crippen LogP) is 2.77. The first-order valence-electron chi connectivity index (χ1n) is 7.04. The van der Waals surface area contributed by atoms with Crippen LogP contribution in [0.5, 0.6) is 0 Å². The number of hydrazine groups is 1. The summed E-state index contributed by atoms with van der Waals surface area (Å²) in [7, 11) is 0. The Bertz CT molecular complexity index is 781. The Hall–Kier alpha value is -3.16. The molecule has 2 aromatic rings. The molecule has 0 aromatic heterocycles. The van der Waals surface area contributed by atoms with Crippen LogP contribution >= 0.6 is 0 Å². The van der Waals surface area contributed by atoms with E-state index in [2.05, 4.69) is 15.8 Å². The lowest BCUT2D eigenvalue weighted by atomic mass is 10.1. The highest BCUT2D eigenvalue weighted by Crippen LogP contribution is 2.19. The van der Waals surface area contributed by atoms with E-state index in [1.54, 1.807) is 0 Å². The molecule has 0 aliphatic carbocycles. The molecule has 126 valence electrons. The molecule has 0 aliphatic heterocycles. The number of halogens is 2. The number of nitrogen functional groups attached to an aromatic ring is 1. The second-order valence-corrected chi connectivity index (χ2v) is 4.87. The van der Waals surface area contributed by atoms with Gasteiger partial charge in [0.1, 0.15) is 5.82 Å². The van der Waals surface area contributed by atoms with Crippen LogP contribution in [-0.2, 0) is 11.4 Å². The minimum atomic E-state index is -1.10. The number of benzene rings is 2. The minimum Gasteiger partial charge on any atom is -0.396 e. The summed E-state index contributed by atoms with van der Waals surface area (Å²) in [5, 5.41) is 0. The molecule has 0 atom stereocenters. The van der Waals surface area contributed by atoms with Crippen molar-refractivity contribution in [1.29, 1.82) is 0 Å². The number of hydrogen-bond donors (Lipinski definition) is 3. The molecule has 0 unspecified atom stereocenters. The molecule has 0 bridgehead atoms. The Morgan fingerprint density at radius 2 is 2.00 bits per heavy atom. The number of amides is 1. The van der Waals surface area contributed by atoms with Crippen molar-refractivity contribution in [3.05, 3.63) is 58.9 Å². The van der Waals surface area contributed by atoms with Crippen LogP contribution in [-0.4, -0.2) is 11.9 Å². The second kappa shape index (κ2) is 7.40. The van der Waals surface area contributed by atoms with Crippen molar-refractivity contribution in [2.24, 2.45) is 0 Å². The molecule has 0 saturated heterocycles. The number of rotatable bonds is 5. The number of nitrogens with one attached hydrogen (secondary N) is 2. The van der Waals surface area contributed by atoms with E-state index in [-0.39, 0.29) is 16.8 Å². The van der Waals surface area contributed by atoms with Crippen LogP contribution in [0.15, 0.2) is 36.4 Å².